The number of halogens is 2. The van der Waals surface area contributed by atoms with E-state index in [0.29, 0.717) is 40.0 Å². The van der Waals surface area contributed by atoms with Gasteiger partial charge in [0.25, 0.3) is 5.91 Å². The number of fused-ring (bicyclic) bond motifs is 1. The first-order chi connectivity index (χ1) is 14.7. The van der Waals surface area contributed by atoms with E-state index in [9.17, 15) is 13.2 Å². The molecule has 1 aromatic heterocycles. The summed E-state index contributed by atoms with van der Waals surface area (Å²) in [4.78, 5) is 17.6. The maximum absolute atomic E-state index is 12.8. The van der Waals surface area contributed by atoms with Gasteiger partial charge in [0.15, 0.2) is 4.80 Å². The molecule has 1 heterocycles. The van der Waals surface area contributed by atoms with Crippen LogP contribution in [0.2, 0.25) is 10.0 Å². The molecule has 0 saturated carbocycles. The summed E-state index contributed by atoms with van der Waals surface area (Å²) in [6.45, 7) is 8.45. The molecule has 0 bridgehead atoms. The Morgan fingerprint density at radius 2 is 1.81 bits per heavy atom. The highest BCUT2D eigenvalue weighted by Gasteiger charge is 2.21. The van der Waals surface area contributed by atoms with Gasteiger partial charge < -0.3 is 4.57 Å². The molecule has 0 fully saturated rings. The lowest BCUT2D eigenvalue weighted by molar-refractivity contribution is 0.0997. The molecule has 0 aliphatic carbocycles. The predicted molar refractivity (Wildman–Crippen MR) is 126 cm³/mol. The van der Waals surface area contributed by atoms with E-state index in [-0.39, 0.29) is 10.5 Å². The Bertz CT molecular complexity index is 1310. The van der Waals surface area contributed by atoms with Gasteiger partial charge in [0, 0.05) is 25.2 Å². The van der Waals surface area contributed by atoms with E-state index < -0.39 is 15.9 Å². The minimum absolute atomic E-state index is 0.137. The second-order valence-corrected chi connectivity index (χ2v) is 10.3. The summed E-state index contributed by atoms with van der Waals surface area (Å²) < 4.78 is 29.2. The summed E-state index contributed by atoms with van der Waals surface area (Å²) in [5, 5.41) is 0.796. The molecular formula is C21H21Cl2N3O3S2. The van der Waals surface area contributed by atoms with Crippen molar-refractivity contribution < 1.29 is 13.2 Å². The molecule has 0 saturated heterocycles. The molecule has 0 atom stereocenters. The quantitative estimate of drug-likeness (QED) is 0.432. The zero-order chi connectivity index (χ0) is 22.8. The summed E-state index contributed by atoms with van der Waals surface area (Å²) in [6, 6.07) is 9.31. The SMILES string of the molecule is C=CCn1c(=NC(=O)c2ccc(S(=O)(=O)N(CC)CC)cc2)sc2ccc(Cl)c(Cl)c21. The molecule has 3 rings (SSSR count). The fourth-order valence-corrected chi connectivity index (χ4v) is 6.10. The van der Waals surface area contributed by atoms with Crippen molar-refractivity contribution in [2.45, 2.75) is 25.3 Å². The molecule has 0 N–H and O–H groups in total. The van der Waals surface area contributed by atoms with Gasteiger partial charge in [-0.05, 0) is 36.4 Å². The number of aromatic nitrogens is 1. The summed E-state index contributed by atoms with van der Waals surface area (Å²) in [7, 11) is -3.59. The standard InChI is InChI=1S/C21H21Cl2N3O3S2/c1-4-13-26-19-17(12-11-16(22)18(19)23)30-21(26)24-20(27)14-7-9-15(10-8-14)31(28,29)25(5-2)6-3/h4,7-12H,1,5-6,13H2,2-3H3. The third-order valence-electron chi connectivity index (χ3n) is 4.69. The van der Waals surface area contributed by atoms with Gasteiger partial charge in [-0.3, -0.25) is 4.79 Å². The highest BCUT2D eigenvalue weighted by molar-refractivity contribution is 7.89. The second kappa shape index (κ2) is 9.67. The molecule has 1 amide bonds. The smallest absolute Gasteiger partial charge is 0.279 e. The Morgan fingerprint density at radius 3 is 2.39 bits per heavy atom. The van der Waals surface area contributed by atoms with Crippen molar-refractivity contribution in [2.24, 2.45) is 4.99 Å². The van der Waals surface area contributed by atoms with E-state index >= 15 is 0 Å². The molecule has 3 aromatic rings. The Morgan fingerprint density at radius 1 is 1.16 bits per heavy atom. The van der Waals surface area contributed by atoms with Gasteiger partial charge >= 0.3 is 0 Å². The van der Waals surface area contributed by atoms with Crippen LogP contribution < -0.4 is 4.80 Å². The van der Waals surface area contributed by atoms with E-state index in [1.807, 2.05) is 6.07 Å². The van der Waals surface area contributed by atoms with Crippen LogP contribution in [0.5, 0.6) is 0 Å². The lowest BCUT2D eigenvalue weighted by atomic mass is 10.2. The van der Waals surface area contributed by atoms with Crippen LogP contribution >= 0.6 is 34.5 Å². The number of thiazole rings is 1. The van der Waals surface area contributed by atoms with Crippen molar-refractivity contribution in [3.63, 3.8) is 0 Å². The van der Waals surface area contributed by atoms with Crippen LogP contribution in [0, 0.1) is 0 Å². The van der Waals surface area contributed by atoms with Gasteiger partial charge in [-0.25, -0.2) is 8.42 Å². The Kier molecular flexibility index (Phi) is 7.39. The third-order valence-corrected chi connectivity index (χ3v) is 8.59. The van der Waals surface area contributed by atoms with Crippen LogP contribution in [-0.2, 0) is 16.6 Å². The first-order valence-corrected chi connectivity index (χ1v) is 12.5. The van der Waals surface area contributed by atoms with Gasteiger partial charge in [0.2, 0.25) is 10.0 Å². The van der Waals surface area contributed by atoms with Crippen molar-refractivity contribution in [1.82, 2.24) is 8.87 Å². The van der Waals surface area contributed by atoms with Crippen molar-refractivity contribution in [1.29, 1.82) is 0 Å². The number of hydrogen-bond donors (Lipinski definition) is 0. The van der Waals surface area contributed by atoms with E-state index in [0.717, 1.165) is 4.70 Å². The van der Waals surface area contributed by atoms with Gasteiger partial charge in [-0.2, -0.15) is 9.30 Å². The zero-order valence-electron chi connectivity index (χ0n) is 17.0. The maximum Gasteiger partial charge on any atom is 0.279 e. The molecule has 2 aromatic carbocycles. The molecule has 0 unspecified atom stereocenters. The summed E-state index contributed by atoms with van der Waals surface area (Å²) in [5.74, 6) is -0.488. The number of benzene rings is 2. The number of rotatable bonds is 7. The van der Waals surface area contributed by atoms with Gasteiger partial charge in [-0.1, -0.05) is 54.5 Å². The lowest BCUT2D eigenvalue weighted by Gasteiger charge is -2.18. The van der Waals surface area contributed by atoms with Crippen LogP contribution in [-0.4, -0.2) is 36.3 Å². The van der Waals surface area contributed by atoms with Gasteiger partial charge in [-0.15, -0.1) is 6.58 Å². The third kappa shape index (κ3) is 4.63. The molecule has 0 aliphatic heterocycles. The molecule has 10 heteroatoms. The molecule has 6 nitrogen and oxygen atoms in total. The molecular weight excluding hydrogens is 477 g/mol. The van der Waals surface area contributed by atoms with Gasteiger partial charge in [0.1, 0.15) is 0 Å². The first kappa shape index (κ1) is 23.7. The highest BCUT2D eigenvalue weighted by atomic mass is 35.5. The summed E-state index contributed by atoms with van der Waals surface area (Å²) in [6.07, 6.45) is 1.68. The average Bonchev–Trinajstić information content (AvgIpc) is 3.09. The zero-order valence-corrected chi connectivity index (χ0v) is 20.2. The number of hydrogen-bond acceptors (Lipinski definition) is 4. The minimum atomic E-state index is -3.59. The lowest BCUT2D eigenvalue weighted by Crippen LogP contribution is -2.30. The highest BCUT2D eigenvalue weighted by Crippen LogP contribution is 2.32. The van der Waals surface area contributed by atoms with E-state index in [1.165, 1.54) is 39.9 Å². The van der Waals surface area contributed by atoms with Crippen LogP contribution in [0.4, 0.5) is 0 Å². The number of sulfonamides is 1. The van der Waals surface area contributed by atoms with E-state index in [4.69, 9.17) is 23.2 Å². The minimum Gasteiger partial charge on any atom is -0.311 e. The topological polar surface area (TPSA) is 71.7 Å². The van der Waals surface area contributed by atoms with Crippen molar-refractivity contribution >= 4 is 60.7 Å². The number of nitrogens with zero attached hydrogens (tertiary/aromatic N) is 3. The second-order valence-electron chi connectivity index (χ2n) is 6.52. The average molecular weight is 498 g/mol. The van der Waals surface area contributed by atoms with Crippen LogP contribution in [0.15, 0.2) is 58.9 Å². The molecule has 0 radical (unpaired) electrons. The first-order valence-electron chi connectivity index (χ1n) is 9.52. The predicted octanol–water partition coefficient (Wildman–Crippen LogP) is 4.97. The molecule has 0 aliphatic rings. The molecule has 0 spiro atoms. The van der Waals surface area contributed by atoms with Crippen molar-refractivity contribution in [3.05, 3.63) is 69.5 Å². The summed E-state index contributed by atoms with van der Waals surface area (Å²) in [5.41, 5.74) is 0.969. The van der Waals surface area contributed by atoms with Crippen LogP contribution in [0.25, 0.3) is 10.2 Å². The number of carbonyl (C=O) groups excluding carboxylic acids is 1. The normalized spacial score (nSPS) is 12.6. The number of allylic oxidation sites excluding steroid dienone is 1. The summed E-state index contributed by atoms with van der Waals surface area (Å²) >= 11 is 13.8. The Balaban J connectivity index is 2.03. The number of amides is 1. The number of carbonyl (C=O) groups is 1. The monoisotopic (exact) mass is 497 g/mol. The van der Waals surface area contributed by atoms with Crippen molar-refractivity contribution in [2.75, 3.05) is 13.1 Å². The Hall–Kier alpha value is -1.97. The van der Waals surface area contributed by atoms with Crippen LogP contribution in [0.3, 0.4) is 0 Å². The molecule has 31 heavy (non-hydrogen) atoms. The van der Waals surface area contributed by atoms with Gasteiger partial charge in [0.05, 0.1) is 25.2 Å². The Labute approximate surface area is 195 Å². The fourth-order valence-electron chi connectivity index (χ4n) is 3.12. The fraction of sp³-hybridized carbons (Fsp3) is 0.238. The van der Waals surface area contributed by atoms with E-state index in [1.54, 1.807) is 30.6 Å². The maximum atomic E-state index is 12.8. The largest absolute Gasteiger partial charge is 0.311 e. The van der Waals surface area contributed by atoms with Crippen LogP contribution in [0.1, 0.15) is 24.2 Å². The molecule has 164 valence electrons. The van der Waals surface area contributed by atoms with Crippen molar-refractivity contribution in [3.8, 4) is 0 Å². The van der Waals surface area contributed by atoms with E-state index in [2.05, 4.69) is 11.6 Å².